The number of carbonyl (C=O) groups is 1. The summed E-state index contributed by atoms with van der Waals surface area (Å²) in [5.41, 5.74) is 0. The number of hydrogen-bond acceptors (Lipinski definition) is 2. The van der Waals surface area contributed by atoms with Crippen molar-refractivity contribution in [2.24, 2.45) is 0 Å². The second-order valence-corrected chi connectivity index (χ2v) is 1.67. The Morgan fingerprint density at radius 3 is 2.67 bits per heavy atom. The van der Waals surface area contributed by atoms with Gasteiger partial charge in [0.15, 0.2) is 0 Å². The minimum absolute atomic E-state index is 0.611. The Kier molecular flexibility index (Phi) is 6.85. The average molecular weight is 128 g/mol. The van der Waals surface area contributed by atoms with Crippen LogP contribution in [0.3, 0.4) is 0 Å². The monoisotopic (exact) mass is 128 g/mol. The Balaban J connectivity index is 2.94. The second kappa shape index (κ2) is 7.37. The van der Waals surface area contributed by atoms with Gasteiger partial charge in [-0.2, -0.15) is 0 Å². The molecule has 0 radical (unpaired) electrons. The summed E-state index contributed by atoms with van der Waals surface area (Å²) >= 11 is 0. The van der Waals surface area contributed by atoms with Gasteiger partial charge < -0.3 is 9.53 Å². The summed E-state index contributed by atoms with van der Waals surface area (Å²) in [5.74, 6) is 0. The zero-order valence-corrected chi connectivity index (χ0v) is 5.67. The molecule has 0 unspecified atom stereocenters. The van der Waals surface area contributed by atoms with Crippen LogP contribution in [0, 0.1) is 0 Å². The predicted molar refractivity (Wildman–Crippen MR) is 36.3 cm³/mol. The standard InChI is InChI=1S/C7H12O2/c1-9-7-5-3-2-4-6-8/h3,5-6H,2,4,7H2,1H3/b5-3+. The minimum atomic E-state index is 0.611. The van der Waals surface area contributed by atoms with Crippen LogP contribution in [-0.4, -0.2) is 20.0 Å². The topological polar surface area (TPSA) is 26.3 Å². The fourth-order valence-corrected chi connectivity index (χ4v) is 0.446. The van der Waals surface area contributed by atoms with Crippen LogP contribution in [0.4, 0.5) is 0 Å². The summed E-state index contributed by atoms with van der Waals surface area (Å²) in [6.45, 7) is 0.638. The van der Waals surface area contributed by atoms with Crippen LogP contribution in [0.1, 0.15) is 12.8 Å². The van der Waals surface area contributed by atoms with E-state index in [-0.39, 0.29) is 0 Å². The Labute approximate surface area is 55.5 Å². The molecule has 0 aliphatic carbocycles. The number of aldehydes is 1. The molecule has 0 heterocycles. The maximum Gasteiger partial charge on any atom is 0.120 e. The van der Waals surface area contributed by atoms with Gasteiger partial charge in [-0.1, -0.05) is 12.2 Å². The molecule has 0 spiro atoms. The molecule has 2 heteroatoms. The van der Waals surface area contributed by atoms with Gasteiger partial charge in [0.2, 0.25) is 0 Å². The molecule has 0 N–H and O–H groups in total. The van der Waals surface area contributed by atoms with Crippen molar-refractivity contribution in [3.05, 3.63) is 12.2 Å². The highest BCUT2D eigenvalue weighted by atomic mass is 16.5. The molecule has 0 bridgehead atoms. The highest BCUT2D eigenvalue weighted by Gasteiger charge is 1.75. The first kappa shape index (κ1) is 8.37. The van der Waals surface area contributed by atoms with E-state index in [1.807, 2.05) is 12.2 Å². The van der Waals surface area contributed by atoms with E-state index in [1.165, 1.54) is 0 Å². The molecule has 0 aromatic heterocycles. The van der Waals surface area contributed by atoms with Gasteiger partial charge >= 0.3 is 0 Å². The molecular formula is C7H12O2. The molecule has 2 nitrogen and oxygen atoms in total. The summed E-state index contributed by atoms with van der Waals surface area (Å²) in [4.78, 5) is 9.77. The fourth-order valence-electron chi connectivity index (χ4n) is 0.446. The van der Waals surface area contributed by atoms with Crippen molar-refractivity contribution >= 4 is 6.29 Å². The number of allylic oxidation sites excluding steroid dienone is 1. The maximum atomic E-state index is 9.77. The Bertz CT molecular complexity index is 86.9. The Hall–Kier alpha value is -0.630. The lowest BCUT2D eigenvalue weighted by Crippen LogP contribution is -1.80. The Morgan fingerprint density at radius 1 is 1.33 bits per heavy atom. The SMILES string of the molecule is COC/C=C/CCC=O. The zero-order valence-electron chi connectivity index (χ0n) is 5.67. The van der Waals surface area contributed by atoms with E-state index in [0.29, 0.717) is 13.0 Å². The van der Waals surface area contributed by atoms with Crippen molar-refractivity contribution in [1.82, 2.24) is 0 Å². The van der Waals surface area contributed by atoms with Gasteiger partial charge in [0.25, 0.3) is 0 Å². The number of ether oxygens (including phenoxy) is 1. The van der Waals surface area contributed by atoms with Crippen molar-refractivity contribution in [3.8, 4) is 0 Å². The molecule has 0 atom stereocenters. The lowest BCUT2D eigenvalue weighted by Gasteiger charge is -1.85. The highest BCUT2D eigenvalue weighted by molar-refractivity contribution is 5.49. The molecule has 0 saturated heterocycles. The summed E-state index contributed by atoms with van der Waals surface area (Å²) in [6, 6.07) is 0. The smallest absolute Gasteiger partial charge is 0.120 e. The molecule has 0 fully saturated rings. The van der Waals surface area contributed by atoms with Crippen LogP contribution in [-0.2, 0) is 9.53 Å². The van der Waals surface area contributed by atoms with Gasteiger partial charge in [-0.3, -0.25) is 0 Å². The molecule has 0 amide bonds. The van der Waals surface area contributed by atoms with Gasteiger partial charge in [0.05, 0.1) is 6.61 Å². The average Bonchev–Trinajstić information content (AvgIpc) is 1.89. The van der Waals surface area contributed by atoms with E-state index in [1.54, 1.807) is 7.11 Å². The van der Waals surface area contributed by atoms with Crippen molar-refractivity contribution in [2.75, 3.05) is 13.7 Å². The normalized spacial score (nSPS) is 10.3. The highest BCUT2D eigenvalue weighted by Crippen LogP contribution is 1.85. The third-order valence-electron chi connectivity index (χ3n) is 0.881. The zero-order chi connectivity index (χ0) is 6.95. The molecule has 0 aromatic rings. The first-order valence-electron chi connectivity index (χ1n) is 2.99. The van der Waals surface area contributed by atoms with Crippen molar-refractivity contribution in [3.63, 3.8) is 0 Å². The number of unbranched alkanes of at least 4 members (excludes halogenated alkanes) is 1. The van der Waals surface area contributed by atoms with Crippen LogP contribution in [0.15, 0.2) is 12.2 Å². The van der Waals surface area contributed by atoms with Gasteiger partial charge in [0.1, 0.15) is 6.29 Å². The molecule has 0 aliphatic heterocycles. The van der Waals surface area contributed by atoms with Gasteiger partial charge in [-0.15, -0.1) is 0 Å². The third-order valence-corrected chi connectivity index (χ3v) is 0.881. The quantitative estimate of drug-likeness (QED) is 0.315. The molecule has 52 valence electrons. The first-order valence-corrected chi connectivity index (χ1v) is 2.99. The fraction of sp³-hybridized carbons (Fsp3) is 0.571. The molecule has 0 saturated carbocycles. The third kappa shape index (κ3) is 7.37. The van der Waals surface area contributed by atoms with E-state index in [9.17, 15) is 4.79 Å². The maximum absolute atomic E-state index is 9.77. The molecule has 9 heavy (non-hydrogen) atoms. The molecular weight excluding hydrogens is 116 g/mol. The largest absolute Gasteiger partial charge is 0.381 e. The predicted octanol–water partition coefficient (Wildman–Crippen LogP) is 1.17. The van der Waals surface area contributed by atoms with Crippen molar-refractivity contribution in [2.45, 2.75) is 12.8 Å². The minimum Gasteiger partial charge on any atom is -0.381 e. The van der Waals surface area contributed by atoms with Gasteiger partial charge in [-0.25, -0.2) is 0 Å². The number of rotatable bonds is 5. The molecule has 0 rings (SSSR count). The van der Waals surface area contributed by atoms with Gasteiger partial charge in [0, 0.05) is 13.5 Å². The first-order chi connectivity index (χ1) is 4.41. The van der Waals surface area contributed by atoms with Crippen LogP contribution in [0.5, 0.6) is 0 Å². The summed E-state index contributed by atoms with van der Waals surface area (Å²) in [7, 11) is 1.64. The van der Waals surface area contributed by atoms with E-state index in [4.69, 9.17) is 4.74 Å². The number of methoxy groups -OCH3 is 1. The van der Waals surface area contributed by atoms with Crippen LogP contribution in [0.25, 0.3) is 0 Å². The molecule has 0 aromatic carbocycles. The van der Waals surface area contributed by atoms with Crippen molar-refractivity contribution in [1.29, 1.82) is 0 Å². The van der Waals surface area contributed by atoms with Crippen LogP contribution >= 0.6 is 0 Å². The summed E-state index contributed by atoms with van der Waals surface area (Å²) in [5, 5.41) is 0. The summed E-state index contributed by atoms with van der Waals surface area (Å²) in [6.07, 6.45) is 6.20. The van der Waals surface area contributed by atoms with E-state index in [0.717, 1.165) is 12.7 Å². The van der Waals surface area contributed by atoms with E-state index < -0.39 is 0 Å². The van der Waals surface area contributed by atoms with E-state index in [2.05, 4.69) is 0 Å². The number of carbonyl (C=O) groups excluding carboxylic acids is 1. The lowest BCUT2D eigenvalue weighted by atomic mass is 10.3. The summed E-state index contributed by atoms with van der Waals surface area (Å²) < 4.78 is 4.75. The van der Waals surface area contributed by atoms with Crippen LogP contribution in [0.2, 0.25) is 0 Å². The molecule has 0 aliphatic rings. The Morgan fingerprint density at radius 2 is 2.11 bits per heavy atom. The van der Waals surface area contributed by atoms with E-state index >= 15 is 0 Å². The van der Waals surface area contributed by atoms with Crippen LogP contribution < -0.4 is 0 Å². The lowest BCUT2D eigenvalue weighted by molar-refractivity contribution is -0.107. The van der Waals surface area contributed by atoms with Gasteiger partial charge in [-0.05, 0) is 6.42 Å². The second-order valence-electron chi connectivity index (χ2n) is 1.67. The van der Waals surface area contributed by atoms with Crippen molar-refractivity contribution < 1.29 is 9.53 Å². The number of hydrogen-bond donors (Lipinski definition) is 0.